The zero-order valence-corrected chi connectivity index (χ0v) is 10.6. The molecule has 0 saturated carbocycles. The van der Waals surface area contributed by atoms with Gasteiger partial charge in [-0.25, -0.2) is 4.98 Å². The average Bonchev–Trinajstić information content (AvgIpc) is 2.46. The normalized spacial score (nSPS) is 12.2. The number of aromatic nitrogens is 1. The van der Waals surface area contributed by atoms with Gasteiger partial charge in [0, 0.05) is 10.8 Å². The van der Waals surface area contributed by atoms with Gasteiger partial charge in [0.1, 0.15) is 5.75 Å². The van der Waals surface area contributed by atoms with Crippen molar-refractivity contribution in [3.8, 4) is 18.1 Å². The zero-order valence-electron chi connectivity index (χ0n) is 10.6. The number of para-hydroxylation sites is 2. The summed E-state index contributed by atoms with van der Waals surface area (Å²) in [5.74, 6) is 3.41. The van der Waals surface area contributed by atoms with E-state index in [1.54, 1.807) is 0 Å². The number of rotatable bonds is 2. The van der Waals surface area contributed by atoms with E-state index in [0.29, 0.717) is 0 Å². The van der Waals surface area contributed by atoms with Crippen molar-refractivity contribution in [2.75, 3.05) is 0 Å². The van der Waals surface area contributed by atoms with Gasteiger partial charge in [0.15, 0.2) is 6.10 Å². The molecule has 1 atom stereocenters. The Balaban J connectivity index is 2.36. The molecule has 1 aromatic heterocycles. The van der Waals surface area contributed by atoms with Crippen LogP contribution in [0.2, 0.25) is 0 Å². The standard InChI is InChI=1S/C17H13NO/c1-3-12(2)19-17-13-8-4-6-10-15(13)18-16-11-7-5-9-14(16)17/h1,4-12H,2H3/t12-/m0/s1. The Labute approximate surface area is 112 Å². The van der Waals surface area contributed by atoms with Gasteiger partial charge in [-0.05, 0) is 31.2 Å². The van der Waals surface area contributed by atoms with E-state index >= 15 is 0 Å². The maximum Gasteiger partial charge on any atom is 0.156 e. The molecule has 92 valence electrons. The number of hydrogen-bond acceptors (Lipinski definition) is 2. The summed E-state index contributed by atoms with van der Waals surface area (Å²) in [5, 5.41) is 1.98. The van der Waals surface area contributed by atoms with Crippen LogP contribution in [0.4, 0.5) is 0 Å². The van der Waals surface area contributed by atoms with E-state index < -0.39 is 0 Å². The lowest BCUT2D eigenvalue weighted by molar-refractivity contribution is 0.286. The topological polar surface area (TPSA) is 22.1 Å². The lowest BCUT2D eigenvalue weighted by atomic mass is 10.1. The van der Waals surface area contributed by atoms with Gasteiger partial charge in [-0.3, -0.25) is 0 Å². The fourth-order valence-electron chi connectivity index (χ4n) is 2.14. The SMILES string of the molecule is C#C[C@H](C)Oc1c2ccccc2nc2ccccc12. The molecule has 0 N–H and O–H groups in total. The van der Waals surface area contributed by atoms with Gasteiger partial charge in [0.05, 0.1) is 11.0 Å². The summed E-state index contributed by atoms with van der Waals surface area (Å²) in [6.07, 6.45) is 5.15. The van der Waals surface area contributed by atoms with Gasteiger partial charge in [-0.15, -0.1) is 6.42 Å². The highest BCUT2D eigenvalue weighted by atomic mass is 16.5. The molecule has 0 saturated heterocycles. The third kappa shape index (κ3) is 2.00. The van der Waals surface area contributed by atoms with E-state index in [2.05, 4.69) is 10.9 Å². The molecule has 0 aliphatic rings. The molecule has 2 aromatic carbocycles. The van der Waals surface area contributed by atoms with Crippen molar-refractivity contribution in [3.63, 3.8) is 0 Å². The fraction of sp³-hybridized carbons (Fsp3) is 0.118. The van der Waals surface area contributed by atoms with Crippen molar-refractivity contribution in [1.29, 1.82) is 0 Å². The van der Waals surface area contributed by atoms with Crippen molar-refractivity contribution >= 4 is 21.8 Å². The minimum atomic E-state index is -0.269. The Morgan fingerprint density at radius 2 is 1.53 bits per heavy atom. The predicted molar refractivity (Wildman–Crippen MR) is 78.2 cm³/mol. The van der Waals surface area contributed by atoms with Crippen molar-refractivity contribution in [3.05, 3.63) is 48.5 Å². The molecule has 0 aliphatic carbocycles. The first-order chi connectivity index (χ1) is 9.29. The molecule has 0 unspecified atom stereocenters. The van der Waals surface area contributed by atoms with Gasteiger partial charge in [0.2, 0.25) is 0 Å². The average molecular weight is 247 g/mol. The summed E-state index contributed by atoms with van der Waals surface area (Å²) in [6, 6.07) is 15.9. The van der Waals surface area contributed by atoms with Crippen LogP contribution < -0.4 is 4.74 Å². The third-order valence-corrected chi connectivity index (χ3v) is 3.07. The Bertz CT molecular complexity index is 732. The first-order valence-electron chi connectivity index (χ1n) is 6.20. The van der Waals surface area contributed by atoms with E-state index in [1.165, 1.54) is 0 Å². The number of terminal acetylenes is 1. The Kier molecular flexibility index (Phi) is 2.81. The van der Waals surface area contributed by atoms with Gasteiger partial charge in [-0.2, -0.15) is 0 Å². The van der Waals surface area contributed by atoms with Crippen molar-refractivity contribution in [2.24, 2.45) is 0 Å². The molecule has 2 nitrogen and oxygen atoms in total. The fourth-order valence-corrected chi connectivity index (χ4v) is 2.14. The molecule has 0 spiro atoms. The highest BCUT2D eigenvalue weighted by Crippen LogP contribution is 2.33. The molecule has 1 heterocycles. The van der Waals surface area contributed by atoms with Crippen LogP contribution in [0, 0.1) is 12.3 Å². The Hall–Kier alpha value is -2.53. The van der Waals surface area contributed by atoms with E-state index in [0.717, 1.165) is 27.6 Å². The largest absolute Gasteiger partial charge is 0.477 e. The number of pyridine rings is 1. The number of ether oxygens (including phenoxy) is 1. The first kappa shape index (κ1) is 11.6. The summed E-state index contributed by atoms with van der Waals surface area (Å²) in [5.41, 5.74) is 1.83. The molecular weight excluding hydrogens is 234 g/mol. The second kappa shape index (κ2) is 4.62. The van der Waals surface area contributed by atoms with Crippen molar-refractivity contribution < 1.29 is 4.74 Å². The molecule has 0 amide bonds. The van der Waals surface area contributed by atoms with Crippen LogP contribution in [0.5, 0.6) is 5.75 Å². The maximum absolute atomic E-state index is 5.91. The summed E-state index contributed by atoms with van der Waals surface area (Å²) in [4.78, 5) is 4.64. The molecule has 0 bridgehead atoms. The van der Waals surface area contributed by atoms with E-state index in [4.69, 9.17) is 11.2 Å². The van der Waals surface area contributed by atoms with Crippen molar-refractivity contribution in [2.45, 2.75) is 13.0 Å². The maximum atomic E-state index is 5.91. The molecular formula is C17H13NO. The van der Waals surface area contributed by atoms with Gasteiger partial charge in [0.25, 0.3) is 0 Å². The minimum absolute atomic E-state index is 0.269. The van der Waals surface area contributed by atoms with Gasteiger partial charge in [-0.1, -0.05) is 30.2 Å². The molecule has 19 heavy (non-hydrogen) atoms. The number of nitrogens with zero attached hydrogens (tertiary/aromatic N) is 1. The number of benzene rings is 2. The third-order valence-electron chi connectivity index (χ3n) is 3.07. The number of hydrogen-bond donors (Lipinski definition) is 0. The Morgan fingerprint density at radius 1 is 1.00 bits per heavy atom. The molecule has 3 aromatic rings. The predicted octanol–water partition coefficient (Wildman–Crippen LogP) is 3.79. The van der Waals surface area contributed by atoms with Crippen LogP contribution in [0.25, 0.3) is 21.8 Å². The minimum Gasteiger partial charge on any atom is -0.477 e. The lowest BCUT2D eigenvalue weighted by Gasteiger charge is -2.14. The lowest BCUT2D eigenvalue weighted by Crippen LogP contribution is -2.09. The number of fused-ring (bicyclic) bond motifs is 2. The van der Waals surface area contributed by atoms with Crippen LogP contribution in [-0.4, -0.2) is 11.1 Å². The molecule has 0 aliphatic heterocycles. The summed E-state index contributed by atoms with van der Waals surface area (Å²) in [6.45, 7) is 1.87. The second-order valence-corrected chi connectivity index (χ2v) is 4.40. The highest BCUT2D eigenvalue weighted by Gasteiger charge is 2.11. The summed E-state index contributed by atoms with van der Waals surface area (Å²) < 4.78 is 5.91. The van der Waals surface area contributed by atoms with Crippen LogP contribution in [0.15, 0.2) is 48.5 Å². The summed E-state index contributed by atoms with van der Waals surface area (Å²) >= 11 is 0. The van der Waals surface area contributed by atoms with Gasteiger partial charge < -0.3 is 4.74 Å². The van der Waals surface area contributed by atoms with Crippen LogP contribution in [0.3, 0.4) is 0 Å². The monoisotopic (exact) mass is 247 g/mol. The van der Waals surface area contributed by atoms with Crippen LogP contribution in [-0.2, 0) is 0 Å². The van der Waals surface area contributed by atoms with E-state index in [1.807, 2.05) is 55.5 Å². The molecule has 2 heteroatoms. The smallest absolute Gasteiger partial charge is 0.156 e. The van der Waals surface area contributed by atoms with Crippen LogP contribution >= 0.6 is 0 Å². The van der Waals surface area contributed by atoms with E-state index in [9.17, 15) is 0 Å². The summed E-state index contributed by atoms with van der Waals surface area (Å²) in [7, 11) is 0. The molecule has 0 fully saturated rings. The van der Waals surface area contributed by atoms with Crippen molar-refractivity contribution in [1.82, 2.24) is 4.98 Å². The van der Waals surface area contributed by atoms with Crippen LogP contribution in [0.1, 0.15) is 6.92 Å². The Morgan fingerprint density at radius 3 is 2.05 bits per heavy atom. The quantitative estimate of drug-likeness (QED) is 0.507. The van der Waals surface area contributed by atoms with Gasteiger partial charge >= 0.3 is 0 Å². The van der Waals surface area contributed by atoms with E-state index in [-0.39, 0.29) is 6.10 Å². The zero-order chi connectivity index (χ0) is 13.2. The highest BCUT2D eigenvalue weighted by molar-refractivity contribution is 6.00. The second-order valence-electron chi connectivity index (χ2n) is 4.40. The first-order valence-corrected chi connectivity index (χ1v) is 6.20. The molecule has 3 rings (SSSR count). The molecule has 0 radical (unpaired) electrons.